The highest BCUT2D eigenvalue weighted by Gasteiger charge is 2.27. The van der Waals surface area contributed by atoms with Gasteiger partial charge in [-0.05, 0) is 35.9 Å². The summed E-state index contributed by atoms with van der Waals surface area (Å²) in [6.07, 6.45) is 6.65. The number of hydrogen-bond acceptors (Lipinski definition) is 6. The van der Waals surface area contributed by atoms with Gasteiger partial charge in [-0.2, -0.15) is 0 Å². The first-order valence-corrected chi connectivity index (χ1v) is 10.7. The van der Waals surface area contributed by atoms with Crippen LogP contribution < -0.4 is 4.90 Å². The molecule has 0 amide bonds. The number of carbonyl (C=O) groups excluding carboxylic acids is 2. The molecule has 6 heteroatoms. The molecule has 0 saturated carbocycles. The number of benzene rings is 3. The van der Waals surface area contributed by atoms with Crippen LogP contribution in [0.1, 0.15) is 0 Å². The monoisotopic (exact) mass is 451 g/mol. The quantitative estimate of drug-likeness (QED) is 0.369. The molecule has 4 aromatic rings. The standard InChI is InChI=1S/C28H21NO5/c1-32-27(30)23-9-5-6-17-29(25(23)28(31)33-2)19-15-13-18(14-16-19)20-10-7-11-22-21-8-3-4-12-24(21)34-26(20)22/h3-17H,1-2H3. The van der Waals surface area contributed by atoms with Gasteiger partial charge in [-0.3, -0.25) is 0 Å². The van der Waals surface area contributed by atoms with Crippen molar-refractivity contribution < 1.29 is 23.5 Å². The molecule has 0 saturated heterocycles. The predicted molar refractivity (Wildman–Crippen MR) is 131 cm³/mol. The molecule has 168 valence electrons. The van der Waals surface area contributed by atoms with Gasteiger partial charge in [0.25, 0.3) is 0 Å². The molecule has 0 bridgehead atoms. The summed E-state index contributed by atoms with van der Waals surface area (Å²) in [7, 11) is 2.55. The van der Waals surface area contributed by atoms with E-state index in [2.05, 4.69) is 6.07 Å². The lowest BCUT2D eigenvalue weighted by atomic mass is 10.0. The number of methoxy groups -OCH3 is 2. The molecule has 0 fully saturated rings. The minimum atomic E-state index is -0.646. The highest BCUT2D eigenvalue weighted by atomic mass is 16.5. The van der Waals surface area contributed by atoms with Gasteiger partial charge in [-0.1, -0.05) is 54.6 Å². The Morgan fingerprint density at radius 3 is 2.29 bits per heavy atom. The van der Waals surface area contributed by atoms with Crippen molar-refractivity contribution in [2.75, 3.05) is 19.1 Å². The maximum Gasteiger partial charge on any atom is 0.355 e. The Hall–Kier alpha value is -4.58. The normalized spacial score (nSPS) is 13.4. The van der Waals surface area contributed by atoms with Crippen LogP contribution in [0.25, 0.3) is 33.1 Å². The zero-order valence-electron chi connectivity index (χ0n) is 18.6. The number of esters is 2. The summed E-state index contributed by atoms with van der Waals surface area (Å²) in [6, 6.07) is 21.7. The van der Waals surface area contributed by atoms with E-state index in [0.717, 1.165) is 33.1 Å². The van der Waals surface area contributed by atoms with Gasteiger partial charge in [0.1, 0.15) is 16.9 Å². The van der Waals surface area contributed by atoms with E-state index in [4.69, 9.17) is 13.9 Å². The van der Waals surface area contributed by atoms with E-state index in [0.29, 0.717) is 5.69 Å². The van der Waals surface area contributed by atoms with E-state index in [1.807, 2.05) is 60.7 Å². The highest BCUT2D eigenvalue weighted by Crippen LogP contribution is 2.36. The van der Waals surface area contributed by atoms with Gasteiger partial charge in [-0.25, -0.2) is 9.59 Å². The van der Waals surface area contributed by atoms with Gasteiger partial charge in [0.2, 0.25) is 0 Å². The fraction of sp³-hybridized carbons (Fsp3) is 0.0714. The number of carbonyl (C=O) groups is 2. The van der Waals surface area contributed by atoms with Crippen molar-refractivity contribution >= 4 is 39.6 Å². The summed E-state index contributed by atoms with van der Waals surface area (Å²) >= 11 is 0. The van der Waals surface area contributed by atoms with Crippen molar-refractivity contribution in [3.63, 3.8) is 0 Å². The molecule has 0 aliphatic carbocycles. The van der Waals surface area contributed by atoms with E-state index >= 15 is 0 Å². The Kier molecular flexibility index (Phi) is 5.47. The molecular formula is C28H21NO5. The largest absolute Gasteiger partial charge is 0.465 e. The molecule has 5 rings (SSSR count). The van der Waals surface area contributed by atoms with E-state index in [1.54, 1.807) is 23.3 Å². The van der Waals surface area contributed by atoms with Crippen molar-refractivity contribution in [2.45, 2.75) is 0 Å². The topological polar surface area (TPSA) is 69.0 Å². The van der Waals surface area contributed by atoms with Crippen molar-refractivity contribution in [1.29, 1.82) is 0 Å². The summed E-state index contributed by atoms with van der Waals surface area (Å²) in [6.45, 7) is 0. The number of para-hydroxylation sites is 2. The van der Waals surface area contributed by atoms with E-state index in [-0.39, 0.29) is 11.3 Å². The van der Waals surface area contributed by atoms with E-state index in [1.165, 1.54) is 20.3 Å². The fourth-order valence-electron chi connectivity index (χ4n) is 4.14. The first-order chi connectivity index (χ1) is 16.6. The molecule has 3 aromatic carbocycles. The van der Waals surface area contributed by atoms with Crippen LogP contribution in [0.4, 0.5) is 5.69 Å². The number of fused-ring (bicyclic) bond motifs is 3. The summed E-state index contributed by atoms with van der Waals surface area (Å²) in [5, 5.41) is 2.12. The Labute approximate surface area is 196 Å². The first-order valence-electron chi connectivity index (χ1n) is 10.7. The van der Waals surface area contributed by atoms with Gasteiger partial charge in [0.15, 0.2) is 0 Å². The second kappa shape index (κ2) is 8.75. The van der Waals surface area contributed by atoms with Crippen LogP contribution >= 0.6 is 0 Å². The van der Waals surface area contributed by atoms with Gasteiger partial charge in [0, 0.05) is 28.2 Å². The molecule has 0 atom stereocenters. The molecule has 2 heterocycles. The first kappa shape index (κ1) is 21.3. The van der Waals surface area contributed by atoms with Crippen LogP contribution in [-0.4, -0.2) is 26.2 Å². The number of hydrogen-bond donors (Lipinski definition) is 0. The minimum Gasteiger partial charge on any atom is -0.465 e. The van der Waals surface area contributed by atoms with Crippen LogP contribution in [0, 0.1) is 0 Å². The molecule has 1 aliphatic heterocycles. The molecule has 0 unspecified atom stereocenters. The fourth-order valence-corrected chi connectivity index (χ4v) is 4.14. The van der Waals surface area contributed by atoms with Crippen molar-refractivity contribution in [2.24, 2.45) is 0 Å². The number of allylic oxidation sites excluding steroid dienone is 2. The molecule has 0 spiro atoms. The average molecular weight is 451 g/mol. The lowest BCUT2D eigenvalue weighted by Crippen LogP contribution is -2.26. The molecule has 34 heavy (non-hydrogen) atoms. The number of rotatable bonds is 4. The van der Waals surface area contributed by atoms with Crippen LogP contribution in [0.3, 0.4) is 0 Å². The number of anilines is 1. The number of ether oxygens (including phenoxy) is 2. The molecule has 1 aliphatic rings. The highest BCUT2D eigenvalue weighted by molar-refractivity contribution is 6.09. The van der Waals surface area contributed by atoms with Crippen LogP contribution in [0.15, 0.2) is 107 Å². The maximum absolute atomic E-state index is 12.6. The van der Waals surface area contributed by atoms with Gasteiger partial charge < -0.3 is 18.8 Å². The third-order valence-corrected chi connectivity index (χ3v) is 5.75. The molecule has 0 N–H and O–H groups in total. The van der Waals surface area contributed by atoms with Crippen LogP contribution in [0.2, 0.25) is 0 Å². The third kappa shape index (κ3) is 3.55. The number of nitrogens with zero attached hydrogens (tertiary/aromatic N) is 1. The van der Waals surface area contributed by atoms with Crippen molar-refractivity contribution in [3.05, 3.63) is 102 Å². The zero-order valence-corrected chi connectivity index (χ0v) is 18.6. The van der Waals surface area contributed by atoms with E-state index < -0.39 is 11.9 Å². The Morgan fingerprint density at radius 1 is 0.794 bits per heavy atom. The predicted octanol–water partition coefficient (Wildman–Crippen LogP) is 5.74. The lowest BCUT2D eigenvalue weighted by Gasteiger charge is -2.23. The van der Waals surface area contributed by atoms with Gasteiger partial charge >= 0.3 is 11.9 Å². The number of furan rings is 1. The van der Waals surface area contributed by atoms with Gasteiger partial charge in [0.05, 0.1) is 19.8 Å². The Morgan fingerprint density at radius 2 is 1.53 bits per heavy atom. The smallest absolute Gasteiger partial charge is 0.355 e. The third-order valence-electron chi connectivity index (χ3n) is 5.75. The summed E-state index contributed by atoms with van der Waals surface area (Å²) in [5.74, 6) is -1.27. The molecule has 0 radical (unpaired) electrons. The average Bonchev–Trinajstić information content (AvgIpc) is 3.12. The lowest BCUT2D eigenvalue weighted by molar-refractivity contribution is -0.139. The van der Waals surface area contributed by atoms with Crippen LogP contribution in [-0.2, 0) is 19.1 Å². The summed E-state index contributed by atoms with van der Waals surface area (Å²) < 4.78 is 16.0. The SMILES string of the molecule is COC(=O)C1=C(C(=O)OC)N(c2ccc(-c3cccc4c3oc3ccccc34)cc2)C=CC=C1. The van der Waals surface area contributed by atoms with Crippen molar-refractivity contribution in [3.8, 4) is 11.1 Å². The molecule has 6 nitrogen and oxygen atoms in total. The molecule has 1 aromatic heterocycles. The second-order valence-electron chi connectivity index (χ2n) is 7.64. The Balaban J connectivity index is 1.59. The van der Waals surface area contributed by atoms with Gasteiger partial charge in [-0.15, -0.1) is 0 Å². The van der Waals surface area contributed by atoms with Crippen molar-refractivity contribution in [1.82, 2.24) is 0 Å². The summed E-state index contributed by atoms with van der Waals surface area (Å²) in [4.78, 5) is 26.6. The zero-order chi connectivity index (χ0) is 23.7. The van der Waals surface area contributed by atoms with E-state index in [9.17, 15) is 9.59 Å². The minimum absolute atomic E-state index is 0.0754. The molecular weight excluding hydrogens is 430 g/mol. The summed E-state index contributed by atoms with van der Waals surface area (Å²) in [5.41, 5.74) is 4.45. The second-order valence-corrected chi connectivity index (χ2v) is 7.64. The maximum atomic E-state index is 12.6. The van der Waals surface area contributed by atoms with Crippen LogP contribution in [0.5, 0.6) is 0 Å². The Bertz CT molecular complexity index is 1510.